The van der Waals surface area contributed by atoms with Gasteiger partial charge in [-0.2, -0.15) is 0 Å². The lowest BCUT2D eigenvalue weighted by atomic mass is 10.1. The molecule has 94 valence electrons. The van der Waals surface area contributed by atoms with E-state index in [2.05, 4.69) is 15.5 Å². The predicted molar refractivity (Wildman–Crippen MR) is 61.5 cm³/mol. The number of hydrogen-bond donors (Lipinski definition) is 5. The number of hydrogen-bond acceptors (Lipinski definition) is 6. The van der Waals surface area contributed by atoms with Crippen molar-refractivity contribution in [3.8, 4) is 0 Å². The molecule has 0 saturated carbocycles. The lowest BCUT2D eigenvalue weighted by molar-refractivity contribution is 0.170. The molecule has 0 spiro atoms. The van der Waals surface area contributed by atoms with Gasteiger partial charge in [0.15, 0.2) is 5.84 Å². The van der Waals surface area contributed by atoms with Crippen LogP contribution < -0.4 is 11.1 Å². The average molecular weight is 240 g/mol. The highest BCUT2D eigenvalue weighted by atomic mass is 16.4. The number of nitrogens with two attached hydrogens (primary N) is 1. The van der Waals surface area contributed by atoms with Crippen LogP contribution in [0.25, 0.3) is 0 Å². The molecule has 0 aliphatic rings. The summed E-state index contributed by atoms with van der Waals surface area (Å²) in [6.07, 6.45) is 1.53. The lowest BCUT2D eigenvalue weighted by Gasteiger charge is -2.14. The van der Waals surface area contributed by atoms with E-state index in [1.54, 1.807) is 12.1 Å². The van der Waals surface area contributed by atoms with Crippen molar-refractivity contribution in [2.45, 2.75) is 12.6 Å². The zero-order valence-electron chi connectivity index (χ0n) is 9.24. The van der Waals surface area contributed by atoms with E-state index < -0.39 is 6.04 Å². The Balaban J connectivity index is 2.77. The molecule has 0 amide bonds. The maximum absolute atomic E-state index is 8.90. The van der Waals surface area contributed by atoms with Crippen molar-refractivity contribution in [2.24, 2.45) is 10.9 Å². The van der Waals surface area contributed by atoms with Crippen LogP contribution in [0.5, 0.6) is 0 Å². The second-order valence-electron chi connectivity index (χ2n) is 3.44. The normalized spacial score (nSPS) is 12.1. The first kappa shape index (κ1) is 13.4. The average Bonchev–Trinajstić information content (AvgIpc) is 2.39. The lowest BCUT2D eigenvalue weighted by Crippen LogP contribution is -2.35. The third-order valence-electron chi connectivity index (χ3n) is 2.26. The zero-order chi connectivity index (χ0) is 12.7. The molecule has 0 aliphatic heterocycles. The summed E-state index contributed by atoms with van der Waals surface area (Å²) in [7, 11) is 0. The molecule has 0 fully saturated rings. The Hall–Kier alpha value is -1.70. The van der Waals surface area contributed by atoms with Gasteiger partial charge in [-0.1, -0.05) is 11.2 Å². The summed E-state index contributed by atoms with van der Waals surface area (Å²) >= 11 is 0. The fourth-order valence-electron chi connectivity index (χ4n) is 1.30. The molecule has 0 aliphatic carbocycles. The first-order valence-corrected chi connectivity index (χ1v) is 5.09. The van der Waals surface area contributed by atoms with E-state index in [0.717, 1.165) is 5.56 Å². The molecular weight excluding hydrogens is 224 g/mol. The predicted octanol–water partition coefficient (Wildman–Crippen LogP) is -1.38. The number of pyridine rings is 1. The van der Waals surface area contributed by atoms with Crippen molar-refractivity contribution in [3.63, 3.8) is 0 Å². The van der Waals surface area contributed by atoms with E-state index in [9.17, 15) is 0 Å². The topological polar surface area (TPSA) is 124 Å². The van der Waals surface area contributed by atoms with Crippen molar-refractivity contribution in [1.82, 2.24) is 10.3 Å². The Labute approximate surface area is 98.6 Å². The number of aliphatic hydroxyl groups is 2. The Morgan fingerprint density at radius 2 is 2.18 bits per heavy atom. The summed E-state index contributed by atoms with van der Waals surface area (Å²) < 4.78 is 0. The van der Waals surface area contributed by atoms with Crippen LogP contribution in [-0.2, 0) is 6.54 Å². The summed E-state index contributed by atoms with van der Waals surface area (Å²) in [5, 5.41) is 32.2. The minimum absolute atomic E-state index is 0.0769. The first-order chi connectivity index (χ1) is 8.22. The van der Waals surface area contributed by atoms with Crippen LogP contribution in [0.4, 0.5) is 0 Å². The molecule has 1 aromatic rings. The summed E-state index contributed by atoms with van der Waals surface area (Å²) in [5.74, 6) is -0.0769. The summed E-state index contributed by atoms with van der Waals surface area (Å²) in [6, 6.07) is 3.08. The molecule has 0 unspecified atom stereocenters. The van der Waals surface area contributed by atoms with Crippen molar-refractivity contribution in [3.05, 3.63) is 29.6 Å². The number of aliphatic hydroxyl groups excluding tert-OH is 2. The molecule has 1 heterocycles. The molecule has 6 N–H and O–H groups in total. The number of rotatable bonds is 6. The number of nitrogens with one attached hydrogen (secondary N) is 1. The van der Waals surface area contributed by atoms with Gasteiger partial charge in [0.2, 0.25) is 0 Å². The van der Waals surface area contributed by atoms with E-state index in [0.29, 0.717) is 12.2 Å². The molecule has 0 atom stereocenters. The van der Waals surface area contributed by atoms with Gasteiger partial charge in [0, 0.05) is 12.7 Å². The molecule has 17 heavy (non-hydrogen) atoms. The highest BCUT2D eigenvalue weighted by Crippen LogP contribution is 2.05. The van der Waals surface area contributed by atoms with E-state index in [4.69, 9.17) is 21.2 Å². The summed E-state index contributed by atoms with van der Waals surface area (Å²) in [4.78, 5) is 4.00. The van der Waals surface area contributed by atoms with Gasteiger partial charge in [0.25, 0.3) is 0 Å². The minimum Gasteiger partial charge on any atom is -0.409 e. The van der Waals surface area contributed by atoms with Crippen LogP contribution in [0.15, 0.2) is 23.5 Å². The van der Waals surface area contributed by atoms with Crippen LogP contribution in [-0.4, -0.2) is 45.5 Å². The van der Waals surface area contributed by atoms with Gasteiger partial charge in [-0.05, 0) is 11.6 Å². The fourth-order valence-corrected chi connectivity index (χ4v) is 1.30. The third kappa shape index (κ3) is 3.66. The maximum Gasteiger partial charge on any atom is 0.189 e. The summed E-state index contributed by atoms with van der Waals surface area (Å²) in [5.41, 5.74) is 6.57. The van der Waals surface area contributed by atoms with Gasteiger partial charge in [-0.15, -0.1) is 0 Å². The monoisotopic (exact) mass is 240 g/mol. The number of aromatic nitrogens is 1. The first-order valence-electron chi connectivity index (χ1n) is 5.09. The second-order valence-corrected chi connectivity index (χ2v) is 3.44. The van der Waals surface area contributed by atoms with Crippen LogP contribution >= 0.6 is 0 Å². The van der Waals surface area contributed by atoms with Crippen molar-refractivity contribution < 1.29 is 15.4 Å². The Kier molecular flexibility index (Phi) is 5.34. The number of oxime groups is 1. The van der Waals surface area contributed by atoms with E-state index in [1.807, 2.05) is 0 Å². The molecule has 0 aromatic carbocycles. The smallest absolute Gasteiger partial charge is 0.189 e. The molecule has 1 rings (SSSR count). The van der Waals surface area contributed by atoms with Gasteiger partial charge in [0.1, 0.15) is 5.69 Å². The van der Waals surface area contributed by atoms with Crippen LogP contribution in [0, 0.1) is 0 Å². The van der Waals surface area contributed by atoms with Crippen molar-refractivity contribution >= 4 is 5.84 Å². The van der Waals surface area contributed by atoms with Crippen LogP contribution in [0.2, 0.25) is 0 Å². The zero-order valence-corrected chi connectivity index (χ0v) is 9.24. The largest absolute Gasteiger partial charge is 0.409 e. The molecule has 0 saturated heterocycles. The molecule has 0 bridgehead atoms. The Morgan fingerprint density at radius 1 is 1.47 bits per heavy atom. The molecule has 0 radical (unpaired) electrons. The van der Waals surface area contributed by atoms with Crippen LogP contribution in [0.1, 0.15) is 11.3 Å². The van der Waals surface area contributed by atoms with Gasteiger partial charge >= 0.3 is 0 Å². The number of amidine groups is 1. The van der Waals surface area contributed by atoms with Crippen LogP contribution in [0.3, 0.4) is 0 Å². The van der Waals surface area contributed by atoms with Gasteiger partial charge in [-0.3, -0.25) is 4.98 Å². The highest BCUT2D eigenvalue weighted by Gasteiger charge is 2.10. The van der Waals surface area contributed by atoms with E-state index >= 15 is 0 Å². The molecule has 1 aromatic heterocycles. The van der Waals surface area contributed by atoms with Gasteiger partial charge in [0.05, 0.1) is 19.3 Å². The van der Waals surface area contributed by atoms with Gasteiger partial charge < -0.3 is 26.5 Å². The standard InChI is InChI=1S/C10H16N4O3/c11-10(14-17)9-7(2-1-3-12-9)4-13-8(5-15)6-16/h1-3,8,13,15-17H,4-6H2,(H2,11,14). The van der Waals surface area contributed by atoms with Crippen molar-refractivity contribution in [1.29, 1.82) is 0 Å². The fraction of sp³-hybridized carbons (Fsp3) is 0.400. The van der Waals surface area contributed by atoms with Crippen molar-refractivity contribution in [2.75, 3.05) is 13.2 Å². The molecule has 7 nitrogen and oxygen atoms in total. The Morgan fingerprint density at radius 3 is 2.76 bits per heavy atom. The second kappa shape index (κ2) is 6.79. The van der Waals surface area contributed by atoms with E-state index in [-0.39, 0.29) is 19.0 Å². The number of nitrogens with zero attached hydrogens (tertiary/aromatic N) is 2. The maximum atomic E-state index is 8.90. The van der Waals surface area contributed by atoms with E-state index in [1.165, 1.54) is 6.20 Å². The van der Waals surface area contributed by atoms with Gasteiger partial charge in [-0.25, -0.2) is 0 Å². The highest BCUT2D eigenvalue weighted by molar-refractivity contribution is 5.96. The quantitative estimate of drug-likeness (QED) is 0.181. The summed E-state index contributed by atoms with van der Waals surface area (Å²) in [6.45, 7) is 0.0104. The SMILES string of the molecule is NC(=NO)c1ncccc1CNC(CO)CO. The molecular formula is C10H16N4O3. The third-order valence-corrected chi connectivity index (χ3v) is 2.26. The Bertz CT molecular complexity index is 380. The minimum atomic E-state index is -0.407. The molecule has 7 heteroatoms.